The van der Waals surface area contributed by atoms with Gasteiger partial charge in [0.05, 0.1) is 0 Å². The molecule has 114 valence electrons. The Balaban J connectivity index is 0.00000220. The fourth-order valence-electron chi connectivity index (χ4n) is 1.64. The van der Waals surface area contributed by atoms with Gasteiger partial charge in [0.2, 0.25) is 0 Å². The highest BCUT2D eigenvalue weighted by atomic mass is 35.5. The van der Waals surface area contributed by atoms with Crippen LogP contribution in [0.3, 0.4) is 0 Å². The summed E-state index contributed by atoms with van der Waals surface area (Å²) in [5.74, 6) is 0.979. The van der Waals surface area contributed by atoms with E-state index in [4.69, 9.17) is 23.2 Å². The van der Waals surface area contributed by atoms with Crippen LogP contribution in [0.1, 0.15) is 12.0 Å². The minimum atomic E-state index is 0. The molecule has 0 atom stereocenters. The van der Waals surface area contributed by atoms with Gasteiger partial charge in [0.25, 0.3) is 0 Å². The summed E-state index contributed by atoms with van der Waals surface area (Å²) in [6.45, 7) is 1.59. The summed E-state index contributed by atoms with van der Waals surface area (Å²) in [6, 6.07) is 7.38. The molecule has 1 aromatic heterocycles. The summed E-state index contributed by atoms with van der Waals surface area (Å²) in [7, 11) is 0. The van der Waals surface area contributed by atoms with Crippen LogP contribution < -0.4 is 17.7 Å². The minimum Gasteiger partial charge on any atom is -1.00 e. The van der Waals surface area contributed by atoms with Crippen LogP contribution in [0.4, 0.5) is 0 Å². The van der Waals surface area contributed by atoms with E-state index in [1.54, 1.807) is 24.2 Å². The number of nitrogens with zero attached hydrogens (tertiary/aromatic N) is 2. The summed E-state index contributed by atoms with van der Waals surface area (Å²) in [5, 5.41) is 5.58. The monoisotopic (exact) mass is 362 g/mol. The quantitative estimate of drug-likeness (QED) is 0.453. The molecule has 0 saturated heterocycles. The maximum Gasteiger partial charge on any atom is 0.187 e. The first kappa shape index (κ1) is 18.5. The highest BCUT2D eigenvalue weighted by molar-refractivity contribution is 7.99. The molecule has 0 unspecified atom stereocenters. The van der Waals surface area contributed by atoms with Gasteiger partial charge in [0.15, 0.2) is 5.16 Å². The Morgan fingerprint density at radius 1 is 1.05 bits per heavy atom. The molecule has 1 heterocycles. The molecule has 0 bridgehead atoms. The molecule has 0 aliphatic carbocycles. The van der Waals surface area contributed by atoms with Crippen LogP contribution in [-0.4, -0.2) is 22.3 Å². The normalized spacial score (nSPS) is 10.2. The molecule has 0 radical (unpaired) electrons. The number of benzene rings is 1. The van der Waals surface area contributed by atoms with E-state index >= 15 is 0 Å². The maximum absolute atomic E-state index is 6.10. The van der Waals surface area contributed by atoms with Crippen LogP contribution in [-0.2, 0) is 6.54 Å². The Bertz CT molecular complexity index is 520. The van der Waals surface area contributed by atoms with Crippen molar-refractivity contribution in [2.75, 3.05) is 12.3 Å². The van der Waals surface area contributed by atoms with Crippen molar-refractivity contribution in [3.8, 4) is 0 Å². The van der Waals surface area contributed by atoms with Crippen molar-refractivity contribution < 1.29 is 12.4 Å². The van der Waals surface area contributed by atoms with Crippen LogP contribution in [0, 0.1) is 0 Å². The van der Waals surface area contributed by atoms with Gasteiger partial charge in [-0.05, 0) is 31.2 Å². The Morgan fingerprint density at radius 3 is 2.38 bits per heavy atom. The van der Waals surface area contributed by atoms with Gasteiger partial charge in [-0.1, -0.05) is 41.0 Å². The fraction of sp³-hybridized carbons (Fsp3) is 0.286. The van der Waals surface area contributed by atoms with Crippen molar-refractivity contribution in [1.29, 1.82) is 0 Å². The van der Waals surface area contributed by atoms with Gasteiger partial charge < -0.3 is 17.7 Å². The summed E-state index contributed by atoms with van der Waals surface area (Å²) in [4.78, 5) is 8.33. The van der Waals surface area contributed by atoms with Crippen molar-refractivity contribution in [3.63, 3.8) is 0 Å². The molecule has 1 aromatic carbocycles. The van der Waals surface area contributed by atoms with Crippen LogP contribution in [0.2, 0.25) is 10.0 Å². The van der Waals surface area contributed by atoms with E-state index in [0.29, 0.717) is 16.6 Å². The van der Waals surface area contributed by atoms with Gasteiger partial charge in [-0.15, -0.1) is 0 Å². The topological polar surface area (TPSA) is 37.8 Å². The highest BCUT2D eigenvalue weighted by Gasteiger charge is 2.04. The summed E-state index contributed by atoms with van der Waals surface area (Å²) < 4.78 is 0. The van der Waals surface area contributed by atoms with Crippen molar-refractivity contribution in [2.24, 2.45) is 0 Å². The second kappa shape index (κ2) is 10.2. The molecule has 21 heavy (non-hydrogen) atoms. The predicted octanol–water partition coefficient (Wildman–Crippen LogP) is 1.06. The van der Waals surface area contributed by atoms with E-state index in [2.05, 4.69) is 15.3 Å². The molecular formula is C14H15Cl3N3S-. The first-order valence-electron chi connectivity index (χ1n) is 6.31. The van der Waals surface area contributed by atoms with Crippen LogP contribution in [0.25, 0.3) is 0 Å². The summed E-state index contributed by atoms with van der Waals surface area (Å²) in [6.07, 6.45) is 4.55. The smallest absolute Gasteiger partial charge is 0.187 e. The third kappa shape index (κ3) is 6.41. The molecule has 0 aliphatic rings. The molecule has 3 nitrogen and oxygen atoms in total. The Labute approximate surface area is 145 Å². The molecule has 0 spiro atoms. The molecule has 1 N–H and O–H groups in total. The number of rotatable bonds is 7. The molecule has 7 heteroatoms. The third-order valence-corrected chi connectivity index (χ3v) is 4.30. The number of aromatic nitrogens is 2. The first-order chi connectivity index (χ1) is 9.77. The van der Waals surface area contributed by atoms with Gasteiger partial charge in [0, 0.05) is 40.3 Å². The summed E-state index contributed by atoms with van der Waals surface area (Å²) >= 11 is 13.9. The summed E-state index contributed by atoms with van der Waals surface area (Å²) in [5.41, 5.74) is 0.954. The third-order valence-electron chi connectivity index (χ3n) is 2.63. The van der Waals surface area contributed by atoms with E-state index < -0.39 is 0 Å². The van der Waals surface area contributed by atoms with Crippen LogP contribution in [0.5, 0.6) is 0 Å². The molecule has 2 rings (SSSR count). The lowest BCUT2D eigenvalue weighted by Crippen LogP contribution is -3.00. The maximum atomic E-state index is 6.10. The largest absolute Gasteiger partial charge is 1.00 e. The predicted molar refractivity (Wildman–Crippen MR) is 85.5 cm³/mol. The lowest BCUT2D eigenvalue weighted by Gasteiger charge is -2.08. The zero-order valence-electron chi connectivity index (χ0n) is 11.2. The van der Waals surface area contributed by atoms with E-state index in [1.807, 2.05) is 24.3 Å². The second-order valence-electron chi connectivity index (χ2n) is 4.11. The van der Waals surface area contributed by atoms with Gasteiger partial charge >= 0.3 is 0 Å². The standard InChI is InChI=1S/C14H15Cl2N3S.ClH/c15-12-4-1-5-13(16)11(12)10-17-6-3-9-20-14-18-7-2-8-19-14;/h1-2,4-5,7-8,17H,3,6,9-10H2;1H/p-1. The first-order valence-corrected chi connectivity index (χ1v) is 8.05. The Kier molecular flexibility index (Phi) is 9.04. The van der Waals surface area contributed by atoms with Gasteiger partial charge in [0.1, 0.15) is 0 Å². The number of nitrogens with one attached hydrogen (secondary N) is 1. The zero-order chi connectivity index (χ0) is 14.2. The van der Waals surface area contributed by atoms with E-state index in [9.17, 15) is 0 Å². The van der Waals surface area contributed by atoms with Crippen LogP contribution >= 0.6 is 35.0 Å². The van der Waals surface area contributed by atoms with Crippen molar-refractivity contribution in [1.82, 2.24) is 15.3 Å². The van der Waals surface area contributed by atoms with E-state index in [1.165, 1.54) is 0 Å². The SMILES string of the molecule is Clc1cccc(Cl)c1CNCCCSc1ncccn1.[Cl-]. The lowest BCUT2D eigenvalue weighted by atomic mass is 10.2. The number of hydrogen-bond acceptors (Lipinski definition) is 4. The second-order valence-corrected chi connectivity index (χ2v) is 5.99. The number of thioether (sulfide) groups is 1. The fourth-order valence-corrected chi connectivity index (χ4v) is 2.91. The average molecular weight is 364 g/mol. The van der Waals surface area contributed by atoms with Gasteiger partial charge in [-0.3, -0.25) is 0 Å². The Morgan fingerprint density at radius 2 is 1.71 bits per heavy atom. The lowest BCUT2D eigenvalue weighted by molar-refractivity contribution is -0.00000397. The molecule has 0 saturated carbocycles. The van der Waals surface area contributed by atoms with Gasteiger partial charge in [-0.2, -0.15) is 0 Å². The Hall–Kier alpha value is -0.520. The molecule has 0 aliphatic heterocycles. The average Bonchev–Trinajstić information content (AvgIpc) is 2.46. The van der Waals surface area contributed by atoms with Crippen molar-refractivity contribution >= 4 is 35.0 Å². The number of hydrogen-bond donors (Lipinski definition) is 1. The van der Waals surface area contributed by atoms with Gasteiger partial charge in [-0.25, -0.2) is 9.97 Å². The zero-order valence-corrected chi connectivity index (χ0v) is 14.3. The van der Waals surface area contributed by atoms with Crippen molar-refractivity contribution in [3.05, 3.63) is 52.3 Å². The minimum absolute atomic E-state index is 0. The molecule has 0 fully saturated rings. The molecule has 0 amide bonds. The van der Waals surface area contributed by atoms with E-state index in [-0.39, 0.29) is 12.4 Å². The molecule has 2 aromatic rings. The van der Waals surface area contributed by atoms with Crippen molar-refractivity contribution in [2.45, 2.75) is 18.1 Å². The molecular weight excluding hydrogens is 349 g/mol. The highest BCUT2D eigenvalue weighted by Crippen LogP contribution is 2.23. The van der Waals surface area contributed by atoms with E-state index in [0.717, 1.165) is 29.4 Å². The number of halogens is 3. The van der Waals surface area contributed by atoms with Crippen LogP contribution in [0.15, 0.2) is 41.8 Å².